The van der Waals surface area contributed by atoms with Crippen LogP contribution in [0.3, 0.4) is 0 Å². The molecule has 0 heterocycles. The van der Waals surface area contributed by atoms with Crippen molar-refractivity contribution in [2.45, 2.75) is 18.2 Å². The first-order valence-electron chi connectivity index (χ1n) is 4.52. The van der Waals surface area contributed by atoms with Crippen molar-refractivity contribution in [3.05, 3.63) is 18.2 Å². The lowest BCUT2D eigenvalue weighted by Gasteiger charge is -2.12. The largest absolute Gasteiger partial charge is 0.573 e. The number of benzene rings is 1. The van der Waals surface area contributed by atoms with Crippen LogP contribution in [0.2, 0.25) is 0 Å². The Kier molecular flexibility index (Phi) is 4.35. The topological polar surface area (TPSA) is 18.5 Å². The third kappa shape index (κ3) is 4.22. The van der Waals surface area contributed by atoms with Gasteiger partial charge >= 0.3 is 6.36 Å². The molecule has 0 unspecified atom stereocenters. The Labute approximate surface area is 95.7 Å². The van der Waals surface area contributed by atoms with Crippen molar-refractivity contribution in [3.8, 4) is 11.5 Å². The van der Waals surface area contributed by atoms with Crippen LogP contribution in [0.1, 0.15) is 6.92 Å². The molecule has 1 aromatic rings. The standard InChI is InChI=1S/C10H11F3O2S/c1-3-14-7-4-8(15-10(11,12)13)6-9(5-7)16-2/h4-6H,3H2,1-2H3. The van der Waals surface area contributed by atoms with E-state index in [1.165, 1.54) is 23.9 Å². The molecule has 0 radical (unpaired) electrons. The molecule has 0 N–H and O–H groups in total. The van der Waals surface area contributed by atoms with Crippen LogP contribution in [0.5, 0.6) is 11.5 Å². The van der Waals surface area contributed by atoms with Crippen molar-refractivity contribution in [2.75, 3.05) is 12.9 Å². The van der Waals surface area contributed by atoms with Crippen molar-refractivity contribution >= 4 is 11.8 Å². The van der Waals surface area contributed by atoms with E-state index >= 15 is 0 Å². The zero-order valence-corrected chi connectivity index (χ0v) is 9.61. The van der Waals surface area contributed by atoms with Gasteiger partial charge in [-0.2, -0.15) is 0 Å². The fourth-order valence-corrected chi connectivity index (χ4v) is 1.57. The molecule has 0 bridgehead atoms. The number of rotatable bonds is 4. The van der Waals surface area contributed by atoms with Crippen LogP contribution in [-0.2, 0) is 0 Å². The quantitative estimate of drug-likeness (QED) is 0.761. The van der Waals surface area contributed by atoms with E-state index in [-0.39, 0.29) is 5.75 Å². The van der Waals surface area contributed by atoms with E-state index in [2.05, 4.69) is 4.74 Å². The van der Waals surface area contributed by atoms with Gasteiger partial charge in [0.2, 0.25) is 0 Å². The number of halogens is 3. The highest BCUT2D eigenvalue weighted by Gasteiger charge is 2.31. The first kappa shape index (κ1) is 13.0. The molecule has 1 aromatic carbocycles. The van der Waals surface area contributed by atoms with E-state index in [1.54, 1.807) is 19.2 Å². The van der Waals surface area contributed by atoms with Crippen LogP contribution in [0.25, 0.3) is 0 Å². The Balaban J connectivity index is 2.95. The molecule has 0 saturated carbocycles. The number of alkyl halides is 3. The molecule has 0 fully saturated rings. The van der Waals surface area contributed by atoms with Crippen LogP contribution in [-0.4, -0.2) is 19.2 Å². The van der Waals surface area contributed by atoms with Gasteiger partial charge in [-0.05, 0) is 25.3 Å². The zero-order valence-electron chi connectivity index (χ0n) is 8.80. The molecule has 0 spiro atoms. The minimum absolute atomic E-state index is 0.261. The minimum Gasteiger partial charge on any atom is -0.494 e. The van der Waals surface area contributed by atoms with Crippen molar-refractivity contribution in [2.24, 2.45) is 0 Å². The Morgan fingerprint density at radius 2 is 1.81 bits per heavy atom. The summed E-state index contributed by atoms with van der Waals surface area (Å²) in [5, 5.41) is 0. The van der Waals surface area contributed by atoms with Gasteiger partial charge in [0.15, 0.2) is 0 Å². The maximum absolute atomic E-state index is 12.0. The summed E-state index contributed by atoms with van der Waals surface area (Å²) in [6.07, 6.45) is -2.91. The highest BCUT2D eigenvalue weighted by atomic mass is 32.2. The van der Waals surface area contributed by atoms with Gasteiger partial charge in [0, 0.05) is 11.0 Å². The van der Waals surface area contributed by atoms with Crippen LogP contribution in [0.15, 0.2) is 23.1 Å². The summed E-state index contributed by atoms with van der Waals surface area (Å²) in [5.41, 5.74) is 0. The molecule has 1 rings (SSSR count). The summed E-state index contributed by atoms with van der Waals surface area (Å²) in [6, 6.07) is 4.20. The molecule has 2 nitrogen and oxygen atoms in total. The molecule has 0 amide bonds. The van der Waals surface area contributed by atoms with E-state index < -0.39 is 6.36 Å². The predicted molar refractivity (Wildman–Crippen MR) is 56.1 cm³/mol. The van der Waals surface area contributed by atoms with Gasteiger partial charge in [-0.25, -0.2) is 0 Å². The smallest absolute Gasteiger partial charge is 0.494 e. The van der Waals surface area contributed by atoms with E-state index in [9.17, 15) is 13.2 Å². The molecule has 0 aliphatic heterocycles. The molecule has 16 heavy (non-hydrogen) atoms. The molecule has 0 atom stereocenters. The third-order valence-electron chi connectivity index (χ3n) is 1.63. The van der Waals surface area contributed by atoms with Gasteiger partial charge in [-0.15, -0.1) is 24.9 Å². The van der Waals surface area contributed by atoms with Crippen molar-refractivity contribution in [3.63, 3.8) is 0 Å². The second-order valence-electron chi connectivity index (χ2n) is 2.83. The molecule has 6 heteroatoms. The molecular formula is C10H11F3O2S. The van der Waals surface area contributed by atoms with Crippen LogP contribution < -0.4 is 9.47 Å². The normalized spacial score (nSPS) is 11.3. The Morgan fingerprint density at radius 3 is 2.31 bits per heavy atom. The first-order valence-corrected chi connectivity index (χ1v) is 5.74. The number of thioether (sulfide) groups is 1. The maximum Gasteiger partial charge on any atom is 0.573 e. The van der Waals surface area contributed by atoms with Crippen molar-refractivity contribution in [1.29, 1.82) is 0 Å². The predicted octanol–water partition coefficient (Wildman–Crippen LogP) is 3.71. The average Bonchev–Trinajstić information content (AvgIpc) is 2.15. The Bertz CT molecular complexity index is 352. The molecule has 0 saturated heterocycles. The monoisotopic (exact) mass is 252 g/mol. The fourth-order valence-electron chi connectivity index (χ4n) is 1.11. The minimum atomic E-state index is -4.68. The summed E-state index contributed by atoms with van der Waals surface area (Å²) >= 11 is 1.32. The van der Waals surface area contributed by atoms with E-state index in [4.69, 9.17) is 4.74 Å². The molecular weight excluding hydrogens is 241 g/mol. The fraction of sp³-hybridized carbons (Fsp3) is 0.400. The molecule has 0 aliphatic carbocycles. The Hall–Kier alpha value is -1.04. The van der Waals surface area contributed by atoms with Gasteiger partial charge in [-0.3, -0.25) is 0 Å². The molecule has 90 valence electrons. The lowest BCUT2D eigenvalue weighted by atomic mass is 10.3. The van der Waals surface area contributed by atoms with Crippen LogP contribution in [0.4, 0.5) is 13.2 Å². The van der Waals surface area contributed by atoms with E-state index in [0.717, 1.165) is 0 Å². The van der Waals surface area contributed by atoms with Gasteiger partial charge in [0.05, 0.1) is 6.61 Å². The van der Waals surface area contributed by atoms with Gasteiger partial charge in [0.1, 0.15) is 11.5 Å². The average molecular weight is 252 g/mol. The second kappa shape index (κ2) is 5.34. The summed E-state index contributed by atoms with van der Waals surface area (Å²) in [6.45, 7) is 2.15. The maximum atomic E-state index is 12.0. The SMILES string of the molecule is CCOc1cc(OC(F)(F)F)cc(SC)c1. The summed E-state index contributed by atoms with van der Waals surface area (Å²) in [5.74, 6) is 0.108. The van der Waals surface area contributed by atoms with Crippen LogP contribution in [0, 0.1) is 0 Å². The van der Waals surface area contributed by atoms with Crippen molar-refractivity contribution in [1.82, 2.24) is 0 Å². The zero-order chi connectivity index (χ0) is 12.2. The number of hydrogen-bond acceptors (Lipinski definition) is 3. The lowest BCUT2D eigenvalue weighted by molar-refractivity contribution is -0.274. The van der Waals surface area contributed by atoms with E-state index in [1.807, 2.05) is 0 Å². The van der Waals surface area contributed by atoms with Crippen LogP contribution >= 0.6 is 11.8 Å². The van der Waals surface area contributed by atoms with Gasteiger partial charge in [-0.1, -0.05) is 0 Å². The second-order valence-corrected chi connectivity index (χ2v) is 3.70. The Morgan fingerprint density at radius 1 is 1.19 bits per heavy atom. The third-order valence-corrected chi connectivity index (χ3v) is 2.34. The highest BCUT2D eigenvalue weighted by molar-refractivity contribution is 7.98. The summed E-state index contributed by atoms with van der Waals surface area (Å²) in [7, 11) is 0. The molecule has 0 aromatic heterocycles. The number of hydrogen-bond donors (Lipinski definition) is 0. The highest BCUT2D eigenvalue weighted by Crippen LogP contribution is 2.31. The molecule has 0 aliphatic rings. The lowest BCUT2D eigenvalue weighted by Crippen LogP contribution is -2.17. The van der Waals surface area contributed by atoms with Gasteiger partial charge < -0.3 is 9.47 Å². The number of ether oxygens (including phenoxy) is 2. The van der Waals surface area contributed by atoms with Crippen molar-refractivity contribution < 1.29 is 22.6 Å². The summed E-state index contributed by atoms with van der Waals surface area (Å²) < 4.78 is 45.1. The van der Waals surface area contributed by atoms with Gasteiger partial charge in [0.25, 0.3) is 0 Å². The van der Waals surface area contributed by atoms with E-state index in [0.29, 0.717) is 17.3 Å². The first-order chi connectivity index (χ1) is 7.44. The summed E-state index contributed by atoms with van der Waals surface area (Å²) in [4.78, 5) is 0.658.